The molecular formula is C48H99O21P3. The zero-order chi connectivity index (χ0) is 54.5. The van der Waals surface area contributed by atoms with Gasteiger partial charge >= 0.3 is 23.5 Å². The van der Waals surface area contributed by atoms with Crippen molar-refractivity contribution >= 4 is 23.5 Å². The van der Waals surface area contributed by atoms with Crippen molar-refractivity contribution in [2.24, 2.45) is 17.8 Å². The van der Waals surface area contributed by atoms with Gasteiger partial charge in [0.05, 0.1) is 56.4 Å². The Morgan fingerprint density at radius 2 is 0.611 bits per heavy atom. The van der Waals surface area contributed by atoms with Crippen molar-refractivity contribution in [1.29, 1.82) is 0 Å². The summed E-state index contributed by atoms with van der Waals surface area (Å²) in [6, 6.07) is 0. The average Bonchev–Trinajstić information content (AvgIpc) is 3.80. The Kier molecular flexibility index (Phi) is 36.7. The Hall–Kier alpha value is -0.0300. The van der Waals surface area contributed by atoms with E-state index in [-0.39, 0.29) is 39.5 Å². The Morgan fingerprint density at radius 3 is 0.847 bits per heavy atom. The Labute approximate surface area is 431 Å². The van der Waals surface area contributed by atoms with Crippen molar-refractivity contribution in [2.75, 3.05) is 39.6 Å². The summed E-state index contributed by atoms with van der Waals surface area (Å²) in [6.45, 7) is 17.7. The molecule has 0 aliphatic carbocycles. The maximum atomic E-state index is 12.3. The molecular weight excluding hydrogens is 1010 g/mol. The topological polar surface area (TPSA) is 316 Å². The minimum absolute atomic E-state index is 0.0850. The van der Waals surface area contributed by atoms with E-state index in [9.17, 15) is 43.7 Å². The number of aliphatic hydroxyl groups excluding tert-OH is 6. The van der Waals surface area contributed by atoms with E-state index >= 15 is 0 Å². The lowest BCUT2D eigenvalue weighted by Gasteiger charge is -2.24. The minimum atomic E-state index is -4.27. The summed E-state index contributed by atoms with van der Waals surface area (Å²) in [5.74, 6) is 0.939. The molecule has 0 bridgehead atoms. The fraction of sp³-hybridized carbons (Fsp3) is 1.00. The van der Waals surface area contributed by atoms with Crippen molar-refractivity contribution < 1.29 is 100 Å². The first-order valence-electron chi connectivity index (χ1n) is 26.6. The monoisotopic (exact) mass is 1100 g/mol. The molecule has 3 heterocycles. The standard InChI is InChI=1S/C21H43O7P.C15H31O7P.C12H25O7P/c1-17(2)16-19-21(20(23)18(3)27-19)28-29(24,25)26-15-13-11-9-7-5-4-6-8-10-12-14-22;1-11(2)10-13-15(14(17)12(3)21-13)22-23(18,19)20-9-7-5-4-6-8-16;1-8(2)7-10-12(11(14)9(3)18-10)19-20(15,16)17-6-4-5-13/h17-23H,4-16H2,1-3H3,(H,24,25);11-17H,4-10H2,1-3H3,(H,18,19);8-14H,4-7H2,1-3H3,(H,15,16)/t18-,19+,20-,21+;12-,13+,14-,15+;9-,10+,11-,12+/m000/s1. The quantitative estimate of drug-likeness (QED) is 0.0213. The van der Waals surface area contributed by atoms with Crippen molar-refractivity contribution in [3.63, 3.8) is 0 Å². The Balaban J connectivity index is 0.000000550. The van der Waals surface area contributed by atoms with Crippen LogP contribution in [0.4, 0.5) is 0 Å². The number of ether oxygens (including phenoxy) is 3. The lowest BCUT2D eigenvalue weighted by atomic mass is 10.00. The third-order valence-electron chi connectivity index (χ3n) is 12.3. The maximum absolute atomic E-state index is 12.3. The van der Waals surface area contributed by atoms with Crippen LogP contribution in [-0.2, 0) is 55.0 Å². The van der Waals surface area contributed by atoms with Crippen LogP contribution in [0.3, 0.4) is 0 Å². The second-order valence-corrected chi connectivity index (χ2v) is 24.8. The van der Waals surface area contributed by atoms with E-state index < -0.39 is 96.7 Å². The van der Waals surface area contributed by atoms with Crippen LogP contribution in [-0.4, -0.2) is 158 Å². The lowest BCUT2D eigenvalue weighted by molar-refractivity contribution is -0.000828. The average molecular weight is 1110 g/mol. The summed E-state index contributed by atoms with van der Waals surface area (Å²) in [6.07, 6.45) is 7.81. The van der Waals surface area contributed by atoms with E-state index in [2.05, 4.69) is 0 Å². The molecule has 3 aliphatic rings. The number of hydrogen-bond acceptors (Lipinski definition) is 18. The van der Waals surface area contributed by atoms with Gasteiger partial charge in [0.15, 0.2) is 0 Å². The van der Waals surface area contributed by atoms with Gasteiger partial charge < -0.3 is 59.5 Å². The molecule has 0 aromatic carbocycles. The van der Waals surface area contributed by atoms with E-state index in [0.717, 1.165) is 44.9 Å². The van der Waals surface area contributed by atoms with Crippen molar-refractivity contribution in [3.05, 3.63) is 0 Å². The Bertz CT molecular complexity index is 1510. The van der Waals surface area contributed by atoms with Gasteiger partial charge in [-0.1, -0.05) is 106 Å². The van der Waals surface area contributed by atoms with Crippen LogP contribution < -0.4 is 0 Å². The molecule has 9 N–H and O–H groups in total. The molecule has 432 valence electrons. The number of aliphatic hydroxyl groups is 6. The van der Waals surface area contributed by atoms with Gasteiger partial charge in [-0.15, -0.1) is 0 Å². The summed E-state index contributed by atoms with van der Waals surface area (Å²) in [5.41, 5.74) is 0. The first-order valence-corrected chi connectivity index (χ1v) is 31.1. The number of rotatable bonds is 36. The number of phosphoric ester groups is 3. The summed E-state index contributed by atoms with van der Waals surface area (Å²) in [4.78, 5) is 29.5. The minimum Gasteiger partial charge on any atom is -0.396 e. The highest BCUT2D eigenvalue weighted by atomic mass is 31.2. The zero-order valence-electron chi connectivity index (χ0n) is 44.9. The number of unbranched alkanes of at least 4 members (excludes halogenated alkanes) is 12. The second-order valence-electron chi connectivity index (χ2n) is 20.6. The first-order chi connectivity index (χ1) is 33.8. The van der Waals surface area contributed by atoms with E-state index in [1.165, 1.54) is 25.7 Å². The largest absolute Gasteiger partial charge is 0.472 e. The van der Waals surface area contributed by atoms with Crippen LogP contribution in [0, 0.1) is 17.8 Å². The molecule has 0 aromatic heterocycles. The third kappa shape index (κ3) is 30.2. The smallest absolute Gasteiger partial charge is 0.396 e. The molecule has 15 atom stereocenters. The van der Waals surface area contributed by atoms with Crippen molar-refractivity contribution in [3.8, 4) is 0 Å². The molecule has 3 aliphatic heterocycles. The van der Waals surface area contributed by atoms with Crippen LogP contribution in [0.1, 0.15) is 178 Å². The van der Waals surface area contributed by atoms with Gasteiger partial charge in [-0.05, 0) is 89.9 Å². The predicted octanol–water partition coefficient (Wildman–Crippen LogP) is 7.88. The molecule has 3 unspecified atom stereocenters. The van der Waals surface area contributed by atoms with Gasteiger partial charge in [-0.2, -0.15) is 0 Å². The highest BCUT2D eigenvalue weighted by Gasteiger charge is 2.48. The summed E-state index contributed by atoms with van der Waals surface area (Å²) < 4.78 is 83.4. The molecule has 3 saturated heterocycles. The van der Waals surface area contributed by atoms with E-state index in [1.54, 1.807) is 20.8 Å². The van der Waals surface area contributed by atoms with Crippen molar-refractivity contribution in [1.82, 2.24) is 0 Å². The lowest BCUT2D eigenvalue weighted by Crippen LogP contribution is -2.34. The van der Waals surface area contributed by atoms with Crippen LogP contribution in [0.15, 0.2) is 0 Å². The molecule has 21 nitrogen and oxygen atoms in total. The highest BCUT2D eigenvalue weighted by Crippen LogP contribution is 2.50. The second kappa shape index (κ2) is 37.7. The van der Waals surface area contributed by atoms with E-state index in [4.69, 9.17) is 56.7 Å². The third-order valence-corrected chi connectivity index (χ3v) is 15.3. The summed E-state index contributed by atoms with van der Waals surface area (Å²) in [5, 5.41) is 56.4. The van der Waals surface area contributed by atoms with Crippen LogP contribution in [0.2, 0.25) is 0 Å². The van der Waals surface area contributed by atoms with Gasteiger partial charge in [0.1, 0.15) is 36.6 Å². The number of phosphoric acid groups is 3. The molecule has 3 fully saturated rings. The SMILES string of the molecule is CC(C)C[C@H]1O[C@@H](C)[C@H](O)[C@@H]1OP(=O)(O)OCCCCCCCCCCCCO.CC(C)C[C@H]1O[C@@H](C)[C@H](O)[C@@H]1OP(=O)(O)OCCCCCCO.CC(C)C[C@H]1O[C@@H](C)[C@H](O)[C@@H]1OP(=O)(O)OCCCO. The van der Waals surface area contributed by atoms with Crippen LogP contribution in [0.25, 0.3) is 0 Å². The fourth-order valence-electron chi connectivity index (χ4n) is 8.47. The maximum Gasteiger partial charge on any atom is 0.472 e. The predicted molar refractivity (Wildman–Crippen MR) is 272 cm³/mol. The van der Waals surface area contributed by atoms with Gasteiger partial charge in [0.2, 0.25) is 0 Å². The molecule has 24 heteroatoms. The summed E-state index contributed by atoms with van der Waals surface area (Å²) >= 11 is 0. The number of hydrogen-bond donors (Lipinski definition) is 9. The van der Waals surface area contributed by atoms with E-state index in [1.807, 2.05) is 41.5 Å². The van der Waals surface area contributed by atoms with Gasteiger partial charge in [0.25, 0.3) is 0 Å². The van der Waals surface area contributed by atoms with Crippen molar-refractivity contribution in [2.45, 2.75) is 251 Å². The summed E-state index contributed by atoms with van der Waals surface area (Å²) in [7, 11) is -12.7. The molecule has 0 aromatic rings. The van der Waals surface area contributed by atoms with Crippen LogP contribution in [0.5, 0.6) is 0 Å². The zero-order valence-corrected chi connectivity index (χ0v) is 47.6. The highest BCUT2D eigenvalue weighted by molar-refractivity contribution is 7.48. The van der Waals surface area contributed by atoms with Gasteiger partial charge in [-0.25, -0.2) is 13.7 Å². The molecule has 0 spiro atoms. The molecule has 0 saturated carbocycles. The normalized spacial score (nSPS) is 30.0. The molecule has 72 heavy (non-hydrogen) atoms. The first kappa shape index (κ1) is 70.0. The molecule has 0 amide bonds. The Morgan fingerprint density at radius 1 is 0.389 bits per heavy atom. The fourth-order valence-corrected chi connectivity index (χ4v) is 11.4. The molecule has 0 radical (unpaired) electrons. The van der Waals surface area contributed by atoms with Gasteiger partial charge in [-0.3, -0.25) is 27.1 Å². The van der Waals surface area contributed by atoms with Crippen LogP contribution >= 0.6 is 23.5 Å². The molecule has 3 rings (SSSR count). The van der Waals surface area contributed by atoms with Gasteiger partial charge in [0, 0.05) is 19.8 Å². The van der Waals surface area contributed by atoms with E-state index in [0.29, 0.717) is 62.9 Å².